The van der Waals surface area contributed by atoms with Crippen LogP contribution in [0.4, 0.5) is 0 Å². The van der Waals surface area contributed by atoms with Crippen LogP contribution in [-0.4, -0.2) is 49.8 Å². The summed E-state index contributed by atoms with van der Waals surface area (Å²) in [6.07, 6.45) is 5.36. The van der Waals surface area contributed by atoms with Crippen molar-refractivity contribution < 1.29 is 4.74 Å². The van der Waals surface area contributed by atoms with Crippen molar-refractivity contribution >= 4 is 0 Å². The van der Waals surface area contributed by atoms with Crippen LogP contribution in [0.1, 0.15) is 46.5 Å². The lowest BCUT2D eigenvalue weighted by molar-refractivity contribution is 0.0708. The Morgan fingerprint density at radius 1 is 1.29 bits per heavy atom. The van der Waals surface area contributed by atoms with E-state index in [2.05, 4.69) is 31.0 Å². The molecule has 1 rings (SSSR count). The van der Waals surface area contributed by atoms with Gasteiger partial charge in [-0.15, -0.1) is 0 Å². The van der Waals surface area contributed by atoms with E-state index in [1.165, 1.54) is 32.2 Å². The molecule has 1 saturated heterocycles. The summed E-state index contributed by atoms with van der Waals surface area (Å²) >= 11 is 0. The van der Waals surface area contributed by atoms with Crippen LogP contribution in [0.5, 0.6) is 0 Å². The SMILES string of the molecule is CCN(C(C)COC)C(C)CC1CCCCN1. The van der Waals surface area contributed by atoms with Gasteiger partial charge in [-0.2, -0.15) is 0 Å². The van der Waals surface area contributed by atoms with Crippen LogP contribution in [0.2, 0.25) is 0 Å². The number of rotatable bonds is 7. The van der Waals surface area contributed by atoms with Gasteiger partial charge in [-0.25, -0.2) is 0 Å². The van der Waals surface area contributed by atoms with Crippen LogP contribution in [0.25, 0.3) is 0 Å². The second kappa shape index (κ2) is 8.06. The first-order chi connectivity index (χ1) is 8.19. The van der Waals surface area contributed by atoms with Crippen molar-refractivity contribution in [2.75, 3.05) is 26.8 Å². The first-order valence-corrected chi connectivity index (χ1v) is 7.17. The van der Waals surface area contributed by atoms with Crippen molar-refractivity contribution in [2.24, 2.45) is 0 Å². The fourth-order valence-corrected chi connectivity index (χ4v) is 3.07. The minimum atomic E-state index is 0.517. The van der Waals surface area contributed by atoms with Gasteiger partial charge < -0.3 is 10.1 Å². The maximum Gasteiger partial charge on any atom is 0.0615 e. The fraction of sp³-hybridized carbons (Fsp3) is 1.00. The molecule has 17 heavy (non-hydrogen) atoms. The minimum absolute atomic E-state index is 0.517. The molecule has 1 aliphatic rings. The number of hydrogen-bond acceptors (Lipinski definition) is 3. The molecule has 0 bridgehead atoms. The normalized spacial score (nSPS) is 24.9. The first kappa shape index (κ1) is 14.9. The van der Waals surface area contributed by atoms with Gasteiger partial charge in [0.15, 0.2) is 0 Å². The second-order valence-corrected chi connectivity index (χ2v) is 5.37. The summed E-state index contributed by atoms with van der Waals surface area (Å²) in [4.78, 5) is 2.56. The van der Waals surface area contributed by atoms with Gasteiger partial charge in [0.2, 0.25) is 0 Å². The molecule has 0 aliphatic carbocycles. The van der Waals surface area contributed by atoms with Crippen LogP contribution in [-0.2, 0) is 4.74 Å². The van der Waals surface area contributed by atoms with Crippen molar-refractivity contribution in [3.8, 4) is 0 Å². The van der Waals surface area contributed by atoms with Gasteiger partial charge in [0, 0.05) is 25.2 Å². The molecule has 0 spiro atoms. The second-order valence-electron chi connectivity index (χ2n) is 5.37. The van der Waals surface area contributed by atoms with Crippen molar-refractivity contribution in [3.63, 3.8) is 0 Å². The predicted octanol–water partition coefficient (Wildman–Crippen LogP) is 2.26. The molecule has 0 aromatic rings. The molecule has 1 fully saturated rings. The third-order valence-corrected chi connectivity index (χ3v) is 3.94. The van der Waals surface area contributed by atoms with E-state index in [9.17, 15) is 0 Å². The lowest BCUT2D eigenvalue weighted by Crippen LogP contribution is -2.46. The Hall–Kier alpha value is -0.120. The standard InChI is InChI=1S/C14H30N2O/c1-5-16(13(3)11-17-4)12(2)10-14-8-6-7-9-15-14/h12-15H,5-11H2,1-4H3. The highest BCUT2D eigenvalue weighted by molar-refractivity contribution is 4.80. The van der Waals surface area contributed by atoms with Crippen LogP contribution in [0, 0.1) is 0 Å². The molecular weight excluding hydrogens is 212 g/mol. The molecule has 102 valence electrons. The summed E-state index contributed by atoms with van der Waals surface area (Å²) in [5.74, 6) is 0. The van der Waals surface area contributed by atoms with E-state index in [4.69, 9.17) is 4.74 Å². The van der Waals surface area contributed by atoms with E-state index in [-0.39, 0.29) is 0 Å². The first-order valence-electron chi connectivity index (χ1n) is 7.17. The summed E-state index contributed by atoms with van der Waals surface area (Å²) in [6.45, 7) is 10.0. The Morgan fingerprint density at radius 3 is 2.59 bits per heavy atom. The number of nitrogens with one attached hydrogen (secondary N) is 1. The molecule has 1 aliphatic heterocycles. The van der Waals surface area contributed by atoms with E-state index in [1.807, 2.05) is 0 Å². The average molecular weight is 242 g/mol. The summed E-state index contributed by atoms with van der Waals surface area (Å²) in [5.41, 5.74) is 0. The molecule has 1 N–H and O–H groups in total. The van der Waals surface area contributed by atoms with Gasteiger partial charge in [-0.3, -0.25) is 4.90 Å². The van der Waals surface area contributed by atoms with Gasteiger partial charge >= 0.3 is 0 Å². The van der Waals surface area contributed by atoms with E-state index in [0.717, 1.165) is 19.2 Å². The third-order valence-electron chi connectivity index (χ3n) is 3.94. The highest BCUT2D eigenvalue weighted by atomic mass is 16.5. The van der Waals surface area contributed by atoms with Gasteiger partial charge in [0.25, 0.3) is 0 Å². The van der Waals surface area contributed by atoms with Gasteiger partial charge in [0.05, 0.1) is 6.61 Å². The van der Waals surface area contributed by atoms with E-state index in [1.54, 1.807) is 7.11 Å². The molecule has 3 nitrogen and oxygen atoms in total. The molecule has 0 saturated carbocycles. The van der Waals surface area contributed by atoms with E-state index >= 15 is 0 Å². The maximum absolute atomic E-state index is 5.27. The summed E-state index contributed by atoms with van der Waals surface area (Å²) in [7, 11) is 1.79. The zero-order valence-electron chi connectivity index (χ0n) is 12.0. The topological polar surface area (TPSA) is 24.5 Å². The Bertz CT molecular complexity index is 193. The number of methoxy groups -OCH3 is 1. The van der Waals surface area contributed by atoms with Crippen molar-refractivity contribution in [1.82, 2.24) is 10.2 Å². The predicted molar refractivity (Wildman–Crippen MR) is 73.4 cm³/mol. The smallest absolute Gasteiger partial charge is 0.0615 e. The van der Waals surface area contributed by atoms with Gasteiger partial charge in [0.1, 0.15) is 0 Å². The molecular formula is C14H30N2O. The maximum atomic E-state index is 5.27. The Balaban J connectivity index is 2.38. The van der Waals surface area contributed by atoms with Crippen LogP contribution >= 0.6 is 0 Å². The van der Waals surface area contributed by atoms with Crippen LogP contribution < -0.4 is 5.32 Å². The number of ether oxygens (including phenoxy) is 1. The lowest BCUT2D eigenvalue weighted by Gasteiger charge is -2.36. The third kappa shape index (κ3) is 4.94. The number of nitrogens with zero attached hydrogens (tertiary/aromatic N) is 1. The molecule has 3 heteroatoms. The Morgan fingerprint density at radius 2 is 2.06 bits per heavy atom. The molecule has 3 unspecified atom stereocenters. The Labute approximate surface area is 107 Å². The molecule has 0 radical (unpaired) electrons. The number of piperidine rings is 1. The molecule has 0 amide bonds. The van der Waals surface area contributed by atoms with Gasteiger partial charge in [-0.05, 0) is 46.2 Å². The molecule has 1 heterocycles. The highest BCUT2D eigenvalue weighted by Gasteiger charge is 2.22. The largest absolute Gasteiger partial charge is 0.383 e. The minimum Gasteiger partial charge on any atom is -0.383 e. The number of likely N-dealkylation sites (N-methyl/N-ethyl adjacent to an activating group) is 1. The van der Waals surface area contributed by atoms with Crippen molar-refractivity contribution in [3.05, 3.63) is 0 Å². The molecule has 0 aromatic carbocycles. The zero-order valence-corrected chi connectivity index (χ0v) is 12.0. The number of hydrogen-bond donors (Lipinski definition) is 1. The van der Waals surface area contributed by atoms with Crippen LogP contribution in [0.15, 0.2) is 0 Å². The lowest BCUT2D eigenvalue weighted by atomic mass is 9.97. The van der Waals surface area contributed by atoms with Gasteiger partial charge in [-0.1, -0.05) is 13.3 Å². The Kier molecular flexibility index (Phi) is 7.09. The quantitative estimate of drug-likeness (QED) is 0.741. The fourth-order valence-electron chi connectivity index (χ4n) is 3.07. The molecule has 3 atom stereocenters. The molecule has 0 aromatic heterocycles. The van der Waals surface area contributed by atoms with Crippen molar-refractivity contribution in [2.45, 2.75) is 64.6 Å². The monoisotopic (exact) mass is 242 g/mol. The summed E-state index contributed by atoms with van der Waals surface area (Å²) < 4.78 is 5.27. The van der Waals surface area contributed by atoms with E-state index < -0.39 is 0 Å². The highest BCUT2D eigenvalue weighted by Crippen LogP contribution is 2.16. The average Bonchev–Trinajstić information content (AvgIpc) is 2.31. The van der Waals surface area contributed by atoms with E-state index in [0.29, 0.717) is 12.1 Å². The zero-order chi connectivity index (χ0) is 12.7. The van der Waals surface area contributed by atoms with Crippen LogP contribution in [0.3, 0.4) is 0 Å². The van der Waals surface area contributed by atoms with Crippen molar-refractivity contribution in [1.29, 1.82) is 0 Å². The summed E-state index contributed by atoms with van der Waals surface area (Å²) in [6, 6.07) is 1.88. The summed E-state index contributed by atoms with van der Waals surface area (Å²) in [5, 5.41) is 3.64.